The normalized spacial score (nSPS) is 12.9. The molecular formula is C10H11ClF3NO. The lowest BCUT2D eigenvalue weighted by atomic mass is 9.93. The van der Waals surface area contributed by atoms with E-state index in [4.69, 9.17) is 17.5 Å². The van der Waals surface area contributed by atoms with E-state index in [1.165, 1.54) is 26.0 Å². The van der Waals surface area contributed by atoms with Gasteiger partial charge in [-0.1, -0.05) is 17.7 Å². The standard InChI is InChI=1S/C10H11ClF3NO/c1-9(2,16-15)7-4-3-6(11)5-8(7)10(12,13)14/h3-5H,15H2,1-2H3. The molecule has 0 saturated carbocycles. The topological polar surface area (TPSA) is 35.2 Å². The molecule has 1 aromatic rings. The molecule has 0 saturated heterocycles. The Kier molecular flexibility index (Phi) is 3.52. The van der Waals surface area contributed by atoms with Crippen LogP contribution in [0.3, 0.4) is 0 Å². The van der Waals surface area contributed by atoms with Crippen LogP contribution in [0.4, 0.5) is 13.2 Å². The number of nitrogens with two attached hydrogens (primary N) is 1. The van der Waals surface area contributed by atoms with Gasteiger partial charge in [0.15, 0.2) is 0 Å². The number of hydrogen-bond donors (Lipinski definition) is 1. The molecule has 0 aliphatic carbocycles. The van der Waals surface area contributed by atoms with Crippen molar-refractivity contribution in [3.63, 3.8) is 0 Å². The molecule has 6 heteroatoms. The first kappa shape index (κ1) is 13.3. The molecular weight excluding hydrogens is 243 g/mol. The van der Waals surface area contributed by atoms with E-state index in [1.807, 2.05) is 0 Å². The van der Waals surface area contributed by atoms with E-state index in [0.29, 0.717) is 0 Å². The van der Waals surface area contributed by atoms with Gasteiger partial charge < -0.3 is 0 Å². The van der Waals surface area contributed by atoms with Gasteiger partial charge in [0.25, 0.3) is 0 Å². The molecule has 0 aliphatic rings. The third-order valence-electron chi connectivity index (χ3n) is 2.23. The van der Waals surface area contributed by atoms with E-state index >= 15 is 0 Å². The van der Waals surface area contributed by atoms with Crippen LogP contribution in [0.2, 0.25) is 5.02 Å². The Hall–Kier alpha value is -0.780. The average Bonchev–Trinajstić information content (AvgIpc) is 2.16. The van der Waals surface area contributed by atoms with Crippen molar-refractivity contribution in [2.45, 2.75) is 25.6 Å². The number of benzene rings is 1. The molecule has 0 unspecified atom stereocenters. The minimum Gasteiger partial charge on any atom is -0.294 e. The van der Waals surface area contributed by atoms with Crippen LogP contribution in [0.15, 0.2) is 18.2 Å². The van der Waals surface area contributed by atoms with Crippen molar-refractivity contribution in [1.82, 2.24) is 0 Å². The van der Waals surface area contributed by atoms with Gasteiger partial charge in [0.1, 0.15) is 5.60 Å². The summed E-state index contributed by atoms with van der Waals surface area (Å²) in [6.45, 7) is 2.90. The lowest BCUT2D eigenvalue weighted by molar-refractivity contribution is -0.141. The van der Waals surface area contributed by atoms with E-state index in [2.05, 4.69) is 4.84 Å². The van der Waals surface area contributed by atoms with E-state index in [-0.39, 0.29) is 10.6 Å². The van der Waals surface area contributed by atoms with Gasteiger partial charge >= 0.3 is 6.18 Å². The van der Waals surface area contributed by atoms with Crippen molar-refractivity contribution in [1.29, 1.82) is 0 Å². The van der Waals surface area contributed by atoms with Crippen molar-refractivity contribution in [2.24, 2.45) is 5.90 Å². The first-order valence-corrected chi connectivity index (χ1v) is 4.81. The van der Waals surface area contributed by atoms with E-state index in [0.717, 1.165) is 6.07 Å². The minimum atomic E-state index is -4.49. The maximum absolute atomic E-state index is 12.7. The maximum atomic E-state index is 12.7. The van der Waals surface area contributed by atoms with E-state index in [9.17, 15) is 13.2 Å². The van der Waals surface area contributed by atoms with Crippen LogP contribution in [-0.2, 0) is 16.6 Å². The second-order valence-electron chi connectivity index (χ2n) is 3.82. The number of halogens is 4. The molecule has 1 rings (SSSR count). The molecule has 0 amide bonds. The third-order valence-corrected chi connectivity index (χ3v) is 2.47. The summed E-state index contributed by atoms with van der Waals surface area (Å²) in [5, 5.41) is 0.0175. The smallest absolute Gasteiger partial charge is 0.294 e. The fourth-order valence-electron chi connectivity index (χ4n) is 1.34. The average molecular weight is 254 g/mol. The molecule has 0 heterocycles. The van der Waals surface area contributed by atoms with Crippen LogP contribution < -0.4 is 5.90 Å². The molecule has 90 valence electrons. The summed E-state index contributed by atoms with van der Waals surface area (Å²) in [6, 6.07) is 3.49. The minimum absolute atomic E-state index is 0.0175. The van der Waals surface area contributed by atoms with Gasteiger partial charge in [-0.2, -0.15) is 13.2 Å². The number of hydrogen-bond acceptors (Lipinski definition) is 2. The fraction of sp³-hybridized carbons (Fsp3) is 0.400. The highest BCUT2D eigenvalue weighted by atomic mass is 35.5. The molecule has 0 bridgehead atoms. The maximum Gasteiger partial charge on any atom is 0.416 e. The predicted molar refractivity (Wildman–Crippen MR) is 54.8 cm³/mol. The first-order chi connectivity index (χ1) is 7.18. The second-order valence-corrected chi connectivity index (χ2v) is 4.25. The molecule has 1 aromatic carbocycles. The lowest BCUT2D eigenvalue weighted by Crippen LogP contribution is -2.28. The molecule has 0 aliphatic heterocycles. The Morgan fingerprint density at radius 3 is 2.19 bits per heavy atom. The molecule has 0 atom stereocenters. The number of rotatable bonds is 2. The Morgan fingerprint density at radius 2 is 1.75 bits per heavy atom. The highest BCUT2D eigenvalue weighted by molar-refractivity contribution is 6.30. The van der Waals surface area contributed by atoms with Gasteiger partial charge in [-0.15, -0.1) is 0 Å². The molecule has 2 N–H and O–H groups in total. The van der Waals surface area contributed by atoms with Crippen LogP contribution in [0, 0.1) is 0 Å². The Morgan fingerprint density at radius 1 is 1.19 bits per heavy atom. The van der Waals surface area contributed by atoms with Crippen molar-refractivity contribution in [3.8, 4) is 0 Å². The number of alkyl halides is 3. The molecule has 2 nitrogen and oxygen atoms in total. The zero-order valence-electron chi connectivity index (χ0n) is 8.73. The molecule has 16 heavy (non-hydrogen) atoms. The highest BCUT2D eigenvalue weighted by Crippen LogP contribution is 2.38. The fourth-order valence-corrected chi connectivity index (χ4v) is 1.51. The van der Waals surface area contributed by atoms with Crippen molar-refractivity contribution < 1.29 is 18.0 Å². The van der Waals surface area contributed by atoms with E-state index < -0.39 is 17.3 Å². The van der Waals surface area contributed by atoms with Crippen LogP contribution in [0.25, 0.3) is 0 Å². The lowest BCUT2D eigenvalue weighted by Gasteiger charge is -2.26. The Bertz CT molecular complexity index is 390. The summed E-state index contributed by atoms with van der Waals surface area (Å²) in [4.78, 5) is 4.56. The van der Waals surface area contributed by atoms with Gasteiger partial charge in [-0.3, -0.25) is 4.84 Å². The summed E-state index contributed by atoms with van der Waals surface area (Å²) in [5.41, 5.74) is -2.11. The van der Waals surface area contributed by atoms with Crippen molar-refractivity contribution >= 4 is 11.6 Å². The first-order valence-electron chi connectivity index (χ1n) is 4.43. The summed E-state index contributed by atoms with van der Waals surface area (Å²) in [6.07, 6.45) is -4.49. The van der Waals surface area contributed by atoms with Crippen LogP contribution in [0.5, 0.6) is 0 Å². The van der Waals surface area contributed by atoms with Gasteiger partial charge in [-0.25, -0.2) is 5.90 Å². The molecule has 0 radical (unpaired) electrons. The zero-order valence-corrected chi connectivity index (χ0v) is 9.49. The summed E-state index contributed by atoms with van der Waals surface area (Å²) < 4.78 is 38.2. The third kappa shape index (κ3) is 2.66. The molecule has 0 fully saturated rings. The van der Waals surface area contributed by atoms with Gasteiger partial charge in [-0.05, 0) is 31.5 Å². The van der Waals surface area contributed by atoms with Gasteiger partial charge in [0, 0.05) is 5.02 Å². The van der Waals surface area contributed by atoms with Crippen molar-refractivity contribution in [2.75, 3.05) is 0 Å². The van der Waals surface area contributed by atoms with Gasteiger partial charge in [0.2, 0.25) is 0 Å². The highest BCUT2D eigenvalue weighted by Gasteiger charge is 2.38. The van der Waals surface area contributed by atoms with Crippen LogP contribution in [-0.4, -0.2) is 0 Å². The van der Waals surface area contributed by atoms with Crippen molar-refractivity contribution in [3.05, 3.63) is 34.3 Å². The molecule has 0 aromatic heterocycles. The largest absolute Gasteiger partial charge is 0.416 e. The predicted octanol–water partition coefficient (Wildman–Crippen LogP) is 3.48. The quantitative estimate of drug-likeness (QED) is 0.819. The second kappa shape index (κ2) is 4.24. The SMILES string of the molecule is CC(C)(ON)c1ccc(Cl)cc1C(F)(F)F. The van der Waals surface area contributed by atoms with E-state index in [1.54, 1.807) is 0 Å². The Labute approximate surface area is 96.1 Å². The van der Waals surface area contributed by atoms with Crippen LogP contribution >= 0.6 is 11.6 Å². The van der Waals surface area contributed by atoms with Gasteiger partial charge in [0.05, 0.1) is 5.56 Å². The summed E-state index contributed by atoms with van der Waals surface area (Å²) in [7, 11) is 0. The van der Waals surface area contributed by atoms with Crippen LogP contribution in [0.1, 0.15) is 25.0 Å². The summed E-state index contributed by atoms with van der Waals surface area (Å²) >= 11 is 5.54. The molecule has 0 spiro atoms. The monoisotopic (exact) mass is 253 g/mol. The summed E-state index contributed by atoms with van der Waals surface area (Å²) in [5.74, 6) is 4.99. The zero-order chi connectivity index (χ0) is 12.6. The Balaban J connectivity index is 3.40.